The summed E-state index contributed by atoms with van der Waals surface area (Å²) in [5.74, 6) is 0.544. The molecule has 6 nitrogen and oxygen atoms in total. The lowest BCUT2D eigenvalue weighted by Gasteiger charge is -2.32. The van der Waals surface area contributed by atoms with Crippen molar-refractivity contribution in [3.05, 3.63) is 29.5 Å². The molecule has 1 aromatic heterocycles. The number of benzene rings is 1. The van der Waals surface area contributed by atoms with Crippen LogP contribution in [0.4, 0.5) is 0 Å². The zero-order chi connectivity index (χ0) is 18.1. The second-order valence-electron chi connectivity index (χ2n) is 6.93. The van der Waals surface area contributed by atoms with E-state index in [0.29, 0.717) is 6.54 Å². The second kappa shape index (κ2) is 7.06. The van der Waals surface area contributed by atoms with E-state index in [2.05, 4.69) is 9.47 Å². The van der Waals surface area contributed by atoms with Crippen LogP contribution < -0.4 is 10.5 Å². The molecule has 1 amide bonds. The van der Waals surface area contributed by atoms with Gasteiger partial charge in [-0.25, -0.2) is 0 Å². The average molecular weight is 345 g/mol. The van der Waals surface area contributed by atoms with E-state index in [4.69, 9.17) is 10.5 Å². The summed E-state index contributed by atoms with van der Waals surface area (Å²) in [6, 6.07) is 5.95. The highest BCUT2D eigenvalue weighted by molar-refractivity contribution is 5.87. The van der Waals surface area contributed by atoms with Gasteiger partial charge < -0.3 is 25.0 Å². The third-order valence-corrected chi connectivity index (χ3v) is 5.50. The number of fused-ring (bicyclic) bond motifs is 1. The first-order valence-electron chi connectivity index (χ1n) is 8.75. The summed E-state index contributed by atoms with van der Waals surface area (Å²) < 4.78 is 7.45. The molecule has 1 aromatic carbocycles. The number of hydrogen-bond acceptors (Lipinski definition) is 4. The molecule has 0 unspecified atom stereocenters. The van der Waals surface area contributed by atoms with Crippen molar-refractivity contribution in [1.29, 1.82) is 0 Å². The van der Waals surface area contributed by atoms with Gasteiger partial charge in [0.2, 0.25) is 5.91 Å². The number of β-amino-alcohol motifs (C(OH)–C–C–N with tert-alkyl or cyclic N) is 1. The van der Waals surface area contributed by atoms with E-state index in [-0.39, 0.29) is 11.8 Å². The number of piperidine rings is 1. The Morgan fingerprint density at radius 1 is 1.40 bits per heavy atom. The number of ether oxygens (including phenoxy) is 1. The number of aliphatic hydroxyl groups excluding tert-OH is 1. The highest BCUT2D eigenvalue weighted by Crippen LogP contribution is 2.33. The molecule has 1 saturated heterocycles. The number of rotatable bonds is 5. The number of hydrogen-bond donors (Lipinski definition) is 2. The summed E-state index contributed by atoms with van der Waals surface area (Å²) in [5, 5.41) is 11.9. The Morgan fingerprint density at radius 3 is 2.68 bits per heavy atom. The maximum absolute atomic E-state index is 11.3. The maximum Gasteiger partial charge on any atom is 0.220 e. The monoisotopic (exact) mass is 345 g/mol. The van der Waals surface area contributed by atoms with Crippen molar-refractivity contribution in [3.8, 4) is 5.75 Å². The van der Waals surface area contributed by atoms with E-state index in [0.717, 1.165) is 53.8 Å². The predicted molar refractivity (Wildman–Crippen MR) is 97.5 cm³/mol. The van der Waals surface area contributed by atoms with Gasteiger partial charge in [-0.15, -0.1) is 0 Å². The standard InChI is InChI=1S/C19H27N3O3/c1-12-18(15-10-14(25-3)4-5-16(15)21(12)2)17(23)11-22-8-6-13(7-9-22)19(20)24/h4-5,10,13,17,23H,6-9,11H2,1-3H3,(H2,20,24)/t17-/m0/s1. The number of nitrogens with zero attached hydrogens (tertiary/aromatic N) is 2. The molecule has 0 aliphatic carbocycles. The van der Waals surface area contributed by atoms with Crippen LogP contribution in [-0.4, -0.2) is 47.2 Å². The SMILES string of the molecule is COc1ccc2c(c1)c([C@@H](O)CN1CCC(C(N)=O)CC1)c(C)n2C. The van der Waals surface area contributed by atoms with E-state index in [9.17, 15) is 9.90 Å². The van der Waals surface area contributed by atoms with Gasteiger partial charge in [0.15, 0.2) is 0 Å². The molecule has 0 spiro atoms. The topological polar surface area (TPSA) is 80.7 Å². The van der Waals surface area contributed by atoms with Gasteiger partial charge in [-0.2, -0.15) is 0 Å². The largest absolute Gasteiger partial charge is 0.497 e. The van der Waals surface area contributed by atoms with Crippen molar-refractivity contribution in [2.75, 3.05) is 26.7 Å². The lowest BCUT2D eigenvalue weighted by atomic mass is 9.95. The molecule has 1 aliphatic heterocycles. The molecule has 2 heterocycles. The minimum atomic E-state index is -0.582. The van der Waals surface area contributed by atoms with Crippen molar-refractivity contribution in [3.63, 3.8) is 0 Å². The Kier molecular flexibility index (Phi) is 5.01. The Labute approximate surface area is 148 Å². The fraction of sp³-hybridized carbons (Fsp3) is 0.526. The molecule has 136 valence electrons. The number of aromatic nitrogens is 1. The fourth-order valence-electron chi connectivity index (χ4n) is 3.86. The Hall–Kier alpha value is -2.05. The number of nitrogens with two attached hydrogens (primary N) is 1. The smallest absolute Gasteiger partial charge is 0.220 e. The van der Waals surface area contributed by atoms with Gasteiger partial charge in [-0.05, 0) is 51.1 Å². The van der Waals surface area contributed by atoms with Crippen LogP contribution in [0.25, 0.3) is 10.9 Å². The van der Waals surface area contributed by atoms with E-state index in [1.165, 1.54) is 0 Å². The first-order chi connectivity index (χ1) is 11.9. The summed E-state index contributed by atoms with van der Waals surface area (Å²) in [6.07, 6.45) is 0.954. The van der Waals surface area contributed by atoms with Crippen LogP contribution in [0.15, 0.2) is 18.2 Å². The van der Waals surface area contributed by atoms with E-state index in [1.807, 2.05) is 32.2 Å². The molecular formula is C19H27N3O3. The highest BCUT2D eigenvalue weighted by atomic mass is 16.5. The van der Waals surface area contributed by atoms with Gasteiger partial charge in [0.05, 0.1) is 13.2 Å². The van der Waals surface area contributed by atoms with Crippen molar-refractivity contribution >= 4 is 16.8 Å². The number of aryl methyl sites for hydroxylation is 1. The number of likely N-dealkylation sites (tertiary alicyclic amines) is 1. The van der Waals surface area contributed by atoms with Gasteiger partial charge in [-0.3, -0.25) is 4.79 Å². The molecular weight excluding hydrogens is 318 g/mol. The van der Waals surface area contributed by atoms with Crippen molar-refractivity contribution in [2.24, 2.45) is 18.7 Å². The molecule has 0 bridgehead atoms. The summed E-state index contributed by atoms with van der Waals surface area (Å²) >= 11 is 0. The lowest BCUT2D eigenvalue weighted by Crippen LogP contribution is -2.40. The molecule has 2 aromatic rings. The van der Waals surface area contributed by atoms with Crippen LogP contribution >= 0.6 is 0 Å². The lowest BCUT2D eigenvalue weighted by molar-refractivity contribution is -0.123. The van der Waals surface area contributed by atoms with Crippen LogP contribution in [0, 0.1) is 12.8 Å². The van der Waals surface area contributed by atoms with Gasteiger partial charge in [0, 0.05) is 41.7 Å². The molecule has 1 atom stereocenters. The van der Waals surface area contributed by atoms with Crippen LogP contribution in [0.5, 0.6) is 5.75 Å². The molecule has 0 radical (unpaired) electrons. The zero-order valence-electron chi connectivity index (χ0n) is 15.2. The van der Waals surface area contributed by atoms with Gasteiger partial charge in [-0.1, -0.05) is 0 Å². The summed E-state index contributed by atoms with van der Waals surface area (Å²) in [6.45, 7) is 4.17. The average Bonchev–Trinajstić information content (AvgIpc) is 2.85. The van der Waals surface area contributed by atoms with Gasteiger partial charge in [0.1, 0.15) is 5.75 Å². The van der Waals surface area contributed by atoms with Crippen LogP contribution in [0.1, 0.15) is 30.2 Å². The maximum atomic E-state index is 11.3. The van der Waals surface area contributed by atoms with Gasteiger partial charge >= 0.3 is 0 Å². The molecule has 3 rings (SSSR count). The first-order valence-corrected chi connectivity index (χ1v) is 8.75. The summed E-state index contributed by atoms with van der Waals surface area (Å²) in [4.78, 5) is 13.5. The molecule has 1 fully saturated rings. The minimum absolute atomic E-state index is 0.0306. The number of primary amides is 1. The number of carbonyl (C=O) groups is 1. The fourth-order valence-corrected chi connectivity index (χ4v) is 3.86. The summed E-state index contributed by atoms with van der Waals surface area (Å²) in [5.41, 5.74) is 8.49. The van der Waals surface area contributed by atoms with Crippen LogP contribution in [-0.2, 0) is 11.8 Å². The number of aliphatic hydroxyl groups is 1. The number of carbonyl (C=O) groups excluding carboxylic acids is 1. The molecule has 1 aliphatic rings. The first kappa shape index (κ1) is 17.8. The summed E-state index contributed by atoms with van der Waals surface area (Å²) in [7, 11) is 3.66. The normalized spacial score (nSPS) is 17.8. The molecule has 25 heavy (non-hydrogen) atoms. The van der Waals surface area contributed by atoms with Crippen LogP contribution in [0.2, 0.25) is 0 Å². The van der Waals surface area contributed by atoms with E-state index < -0.39 is 6.10 Å². The van der Waals surface area contributed by atoms with Crippen molar-refractivity contribution in [2.45, 2.75) is 25.9 Å². The second-order valence-corrected chi connectivity index (χ2v) is 6.93. The van der Waals surface area contributed by atoms with Crippen molar-refractivity contribution in [1.82, 2.24) is 9.47 Å². The van der Waals surface area contributed by atoms with Gasteiger partial charge in [0.25, 0.3) is 0 Å². The Morgan fingerprint density at radius 2 is 2.08 bits per heavy atom. The van der Waals surface area contributed by atoms with E-state index >= 15 is 0 Å². The molecule has 3 N–H and O–H groups in total. The quantitative estimate of drug-likeness (QED) is 0.865. The third-order valence-electron chi connectivity index (χ3n) is 5.50. The third kappa shape index (κ3) is 3.37. The highest BCUT2D eigenvalue weighted by Gasteiger charge is 2.26. The zero-order valence-corrected chi connectivity index (χ0v) is 15.2. The Bertz CT molecular complexity index is 776. The van der Waals surface area contributed by atoms with Crippen molar-refractivity contribution < 1.29 is 14.6 Å². The Balaban J connectivity index is 1.81. The molecule has 0 saturated carbocycles. The minimum Gasteiger partial charge on any atom is -0.497 e. The number of amides is 1. The number of methoxy groups -OCH3 is 1. The van der Waals surface area contributed by atoms with E-state index in [1.54, 1.807) is 7.11 Å². The van der Waals surface area contributed by atoms with Crippen LogP contribution in [0.3, 0.4) is 0 Å². The molecule has 6 heteroatoms. The predicted octanol–water partition coefficient (Wildman–Crippen LogP) is 1.73.